The molecule has 0 saturated heterocycles. The predicted molar refractivity (Wildman–Crippen MR) is 123 cm³/mol. The monoisotopic (exact) mass is 499 g/mol. The Morgan fingerprint density at radius 1 is 0.912 bits per heavy atom. The molecule has 1 rings (SSSR count). The molecular formula is C20H29N5O8S. The highest BCUT2D eigenvalue weighted by Crippen LogP contribution is 2.12. The van der Waals surface area contributed by atoms with Gasteiger partial charge in [-0.2, -0.15) is 12.6 Å². The molecule has 14 heteroatoms. The van der Waals surface area contributed by atoms with Gasteiger partial charge in [0.2, 0.25) is 23.6 Å². The number of aliphatic hydroxyl groups excluding tert-OH is 1. The number of carbonyl (C=O) groups excluding carboxylic acids is 4. The number of aromatic hydroxyl groups is 1. The molecule has 0 saturated carbocycles. The van der Waals surface area contributed by atoms with Gasteiger partial charge in [0, 0.05) is 18.6 Å². The first kappa shape index (κ1) is 28.7. The number of thiol groups is 1. The van der Waals surface area contributed by atoms with Gasteiger partial charge in [-0.1, -0.05) is 12.1 Å². The molecule has 4 unspecified atom stereocenters. The summed E-state index contributed by atoms with van der Waals surface area (Å²) in [6.45, 7) is -0.677. The van der Waals surface area contributed by atoms with E-state index in [9.17, 15) is 29.1 Å². The maximum atomic E-state index is 13.0. The van der Waals surface area contributed by atoms with Gasteiger partial charge in [0.05, 0.1) is 6.61 Å². The van der Waals surface area contributed by atoms with Crippen molar-refractivity contribution in [2.24, 2.45) is 11.5 Å². The molecule has 10 N–H and O–H groups in total. The number of amides is 4. The van der Waals surface area contributed by atoms with Crippen LogP contribution in [0.1, 0.15) is 18.4 Å². The van der Waals surface area contributed by atoms with E-state index in [0.717, 1.165) is 0 Å². The Balaban J connectivity index is 3.10. The molecule has 0 fully saturated rings. The van der Waals surface area contributed by atoms with Gasteiger partial charge in [-0.15, -0.1) is 0 Å². The molecule has 0 aromatic heterocycles. The Morgan fingerprint density at radius 3 is 1.94 bits per heavy atom. The fourth-order valence-corrected chi connectivity index (χ4v) is 2.97. The van der Waals surface area contributed by atoms with Crippen molar-refractivity contribution in [3.05, 3.63) is 29.8 Å². The standard InChI is InChI=1S/C20H29N5O8S/c21-12(8-26)17(29)24-14(7-10-1-3-11(27)4-2-10)19(31)23-13(5-6-16(22)28)18(30)25-15(9-34)20(32)33/h1-4,12-15,26-27,34H,5-9,21H2,(H2,22,28)(H,23,31)(H,24,29)(H,25,30)(H,32,33). The zero-order valence-electron chi connectivity index (χ0n) is 18.1. The number of carboxylic acids is 1. The maximum Gasteiger partial charge on any atom is 0.327 e. The number of hydrogen-bond donors (Lipinski definition) is 9. The summed E-state index contributed by atoms with van der Waals surface area (Å²) in [4.78, 5) is 60.2. The van der Waals surface area contributed by atoms with Crippen molar-refractivity contribution >= 4 is 42.2 Å². The number of primary amides is 1. The van der Waals surface area contributed by atoms with Gasteiger partial charge >= 0.3 is 5.97 Å². The highest BCUT2D eigenvalue weighted by atomic mass is 32.1. The first-order chi connectivity index (χ1) is 16.0. The molecule has 0 aliphatic carbocycles. The van der Waals surface area contributed by atoms with Gasteiger partial charge in [-0.05, 0) is 24.1 Å². The third-order valence-corrected chi connectivity index (χ3v) is 5.02. The van der Waals surface area contributed by atoms with Gasteiger partial charge in [0.15, 0.2) is 0 Å². The number of phenols is 1. The lowest BCUT2D eigenvalue weighted by Gasteiger charge is -2.25. The Bertz CT molecular complexity index is 882. The summed E-state index contributed by atoms with van der Waals surface area (Å²) >= 11 is 3.86. The van der Waals surface area contributed by atoms with Crippen LogP contribution in [0.25, 0.3) is 0 Å². The van der Waals surface area contributed by atoms with Crippen LogP contribution in [0.2, 0.25) is 0 Å². The number of phenolic OH excluding ortho intramolecular Hbond substituents is 1. The zero-order chi connectivity index (χ0) is 25.8. The van der Waals surface area contributed by atoms with Crippen LogP contribution in [0.4, 0.5) is 0 Å². The average Bonchev–Trinajstić information content (AvgIpc) is 2.79. The molecule has 34 heavy (non-hydrogen) atoms. The molecule has 13 nitrogen and oxygen atoms in total. The number of benzene rings is 1. The molecule has 0 aliphatic heterocycles. The number of carbonyl (C=O) groups is 5. The van der Waals surface area contributed by atoms with Crippen molar-refractivity contribution in [3.63, 3.8) is 0 Å². The van der Waals surface area contributed by atoms with Crippen molar-refractivity contribution in [3.8, 4) is 5.75 Å². The zero-order valence-corrected chi connectivity index (χ0v) is 19.0. The first-order valence-corrected chi connectivity index (χ1v) is 10.8. The lowest BCUT2D eigenvalue weighted by atomic mass is 10.0. The van der Waals surface area contributed by atoms with Crippen molar-refractivity contribution in [1.82, 2.24) is 16.0 Å². The quantitative estimate of drug-likeness (QED) is 0.118. The van der Waals surface area contributed by atoms with Crippen molar-refractivity contribution < 1.29 is 39.3 Å². The van der Waals surface area contributed by atoms with E-state index < -0.39 is 60.4 Å². The second-order valence-corrected chi connectivity index (χ2v) is 7.73. The summed E-state index contributed by atoms with van der Waals surface area (Å²) in [5.41, 5.74) is 11.2. The lowest BCUT2D eigenvalue weighted by molar-refractivity contribution is -0.141. The van der Waals surface area contributed by atoms with Crippen LogP contribution in [0.3, 0.4) is 0 Å². The minimum atomic E-state index is -1.35. The first-order valence-electron chi connectivity index (χ1n) is 10.2. The van der Waals surface area contributed by atoms with E-state index in [2.05, 4.69) is 28.6 Å². The molecular weight excluding hydrogens is 470 g/mol. The highest BCUT2D eigenvalue weighted by Gasteiger charge is 2.30. The summed E-state index contributed by atoms with van der Waals surface area (Å²) in [7, 11) is 0. The van der Waals surface area contributed by atoms with Gasteiger partial charge < -0.3 is 42.7 Å². The van der Waals surface area contributed by atoms with Crippen LogP contribution in [0.5, 0.6) is 5.75 Å². The number of aliphatic hydroxyl groups is 1. The van der Waals surface area contributed by atoms with Crippen LogP contribution in [0.15, 0.2) is 24.3 Å². The van der Waals surface area contributed by atoms with Crippen LogP contribution in [-0.4, -0.2) is 81.4 Å². The van der Waals surface area contributed by atoms with Crippen molar-refractivity contribution in [1.29, 1.82) is 0 Å². The second kappa shape index (κ2) is 14.0. The highest BCUT2D eigenvalue weighted by molar-refractivity contribution is 7.80. The maximum absolute atomic E-state index is 13.0. The van der Waals surface area contributed by atoms with E-state index >= 15 is 0 Å². The number of aliphatic carboxylic acids is 1. The van der Waals surface area contributed by atoms with E-state index in [1.54, 1.807) is 0 Å². The van der Waals surface area contributed by atoms with E-state index in [1.807, 2.05) is 0 Å². The third kappa shape index (κ3) is 9.64. The smallest absolute Gasteiger partial charge is 0.327 e. The summed E-state index contributed by atoms with van der Waals surface area (Å²) in [6.07, 6.45) is -0.599. The minimum absolute atomic E-state index is 0.0172. The number of nitrogens with two attached hydrogens (primary N) is 2. The lowest BCUT2D eigenvalue weighted by Crippen LogP contribution is -2.58. The summed E-state index contributed by atoms with van der Waals surface area (Å²) < 4.78 is 0. The Labute approximate surface area is 200 Å². The molecule has 0 heterocycles. The predicted octanol–water partition coefficient (Wildman–Crippen LogP) is -3.01. The molecule has 1 aromatic rings. The van der Waals surface area contributed by atoms with E-state index in [4.69, 9.17) is 21.7 Å². The normalized spacial score (nSPS) is 14.2. The fraction of sp³-hybridized carbons (Fsp3) is 0.450. The Hall–Kier alpha value is -3.36. The fourth-order valence-electron chi connectivity index (χ4n) is 2.72. The number of hydrogen-bond acceptors (Lipinski definition) is 9. The van der Waals surface area contributed by atoms with Crippen LogP contribution in [-0.2, 0) is 30.4 Å². The largest absolute Gasteiger partial charge is 0.508 e. The Morgan fingerprint density at radius 2 is 1.44 bits per heavy atom. The van der Waals surface area contributed by atoms with Gasteiger partial charge in [0.25, 0.3) is 0 Å². The van der Waals surface area contributed by atoms with E-state index in [-0.39, 0.29) is 30.8 Å². The van der Waals surface area contributed by atoms with E-state index in [1.165, 1.54) is 24.3 Å². The molecule has 0 bridgehead atoms. The molecule has 0 aliphatic rings. The Kier molecular flexibility index (Phi) is 11.8. The van der Waals surface area contributed by atoms with Crippen LogP contribution < -0.4 is 27.4 Å². The van der Waals surface area contributed by atoms with Crippen LogP contribution >= 0.6 is 12.6 Å². The SMILES string of the molecule is NC(=O)CCC(NC(=O)C(Cc1ccc(O)cc1)NC(=O)C(N)CO)C(=O)NC(CS)C(=O)O. The topological polar surface area (TPSA) is 234 Å². The molecule has 1 aromatic carbocycles. The van der Waals surface area contributed by atoms with Gasteiger partial charge in [-0.25, -0.2) is 4.79 Å². The summed E-state index contributed by atoms with van der Waals surface area (Å²) in [5, 5.41) is 34.7. The molecule has 4 amide bonds. The molecule has 188 valence electrons. The third-order valence-electron chi connectivity index (χ3n) is 4.65. The molecule has 0 radical (unpaired) electrons. The van der Waals surface area contributed by atoms with Gasteiger partial charge in [0.1, 0.15) is 29.9 Å². The summed E-state index contributed by atoms with van der Waals surface area (Å²) in [5.74, 6) is -4.91. The average molecular weight is 500 g/mol. The second-order valence-electron chi connectivity index (χ2n) is 7.37. The van der Waals surface area contributed by atoms with Crippen molar-refractivity contribution in [2.75, 3.05) is 12.4 Å². The van der Waals surface area contributed by atoms with E-state index in [0.29, 0.717) is 5.56 Å². The number of carboxylic acid groups (broad SMARTS) is 1. The molecule has 0 spiro atoms. The number of nitrogens with one attached hydrogen (secondary N) is 3. The van der Waals surface area contributed by atoms with Gasteiger partial charge in [-0.3, -0.25) is 19.2 Å². The number of rotatable bonds is 14. The van der Waals surface area contributed by atoms with Crippen molar-refractivity contribution in [2.45, 2.75) is 43.4 Å². The summed E-state index contributed by atoms with van der Waals surface area (Å²) in [6, 6.07) is 0.488. The van der Waals surface area contributed by atoms with Crippen LogP contribution in [0, 0.1) is 0 Å². The molecule has 4 atom stereocenters. The minimum Gasteiger partial charge on any atom is -0.508 e.